The fourth-order valence-corrected chi connectivity index (χ4v) is 5.18. The molecule has 1 aliphatic rings. The van der Waals surface area contributed by atoms with E-state index in [9.17, 15) is 22.0 Å². The molecule has 1 aromatic rings. The SMILES string of the molecule is CC1(C)C(CC(=O)O)CCN1S(=O)(=O)c1ccccc1C(F)F. The second kappa shape index (κ2) is 6.16. The van der Waals surface area contributed by atoms with E-state index in [1.54, 1.807) is 13.8 Å². The third-order valence-corrected chi connectivity index (χ3v) is 6.63. The molecule has 5 nitrogen and oxygen atoms in total. The lowest BCUT2D eigenvalue weighted by Gasteiger charge is -2.35. The first-order valence-electron chi connectivity index (χ1n) is 7.20. The highest BCUT2D eigenvalue weighted by atomic mass is 32.2. The van der Waals surface area contributed by atoms with E-state index in [1.165, 1.54) is 12.1 Å². The zero-order valence-electron chi connectivity index (χ0n) is 12.9. The van der Waals surface area contributed by atoms with Gasteiger partial charge in [0.15, 0.2) is 0 Å². The Morgan fingerprint density at radius 1 is 1.39 bits per heavy atom. The van der Waals surface area contributed by atoms with Crippen LogP contribution in [0.1, 0.15) is 38.7 Å². The summed E-state index contributed by atoms with van der Waals surface area (Å²) in [5, 5.41) is 8.96. The summed E-state index contributed by atoms with van der Waals surface area (Å²) in [6, 6.07) is 5.02. The van der Waals surface area contributed by atoms with Gasteiger partial charge in [-0.05, 0) is 32.3 Å². The molecule has 0 saturated carbocycles. The Hall–Kier alpha value is -1.54. The van der Waals surface area contributed by atoms with Gasteiger partial charge >= 0.3 is 5.97 Å². The largest absolute Gasteiger partial charge is 0.481 e. The Labute approximate surface area is 134 Å². The Bertz CT molecular complexity index is 703. The van der Waals surface area contributed by atoms with Crippen molar-refractivity contribution < 1.29 is 27.1 Å². The van der Waals surface area contributed by atoms with Gasteiger partial charge in [-0.15, -0.1) is 0 Å². The number of hydrogen-bond acceptors (Lipinski definition) is 3. The molecule has 0 bridgehead atoms. The molecular formula is C15H19F2NO4S. The van der Waals surface area contributed by atoms with E-state index in [2.05, 4.69) is 0 Å². The Morgan fingerprint density at radius 3 is 2.57 bits per heavy atom. The smallest absolute Gasteiger partial charge is 0.303 e. The van der Waals surface area contributed by atoms with Crippen LogP contribution >= 0.6 is 0 Å². The number of carboxylic acids is 1. The van der Waals surface area contributed by atoms with Gasteiger partial charge in [-0.2, -0.15) is 4.31 Å². The normalized spacial score (nSPS) is 21.7. The number of rotatable bonds is 5. The molecule has 128 valence electrons. The van der Waals surface area contributed by atoms with E-state index < -0.39 is 38.4 Å². The Morgan fingerprint density at radius 2 is 2.00 bits per heavy atom. The fourth-order valence-electron chi connectivity index (χ4n) is 3.13. The predicted molar refractivity (Wildman–Crippen MR) is 79.7 cm³/mol. The summed E-state index contributed by atoms with van der Waals surface area (Å²) in [5.41, 5.74) is -1.49. The number of sulfonamides is 1. The van der Waals surface area contributed by atoms with E-state index >= 15 is 0 Å². The van der Waals surface area contributed by atoms with E-state index in [0.29, 0.717) is 6.42 Å². The first-order chi connectivity index (χ1) is 10.6. The number of benzene rings is 1. The summed E-state index contributed by atoms with van der Waals surface area (Å²) < 4.78 is 53.1. The highest BCUT2D eigenvalue weighted by Gasteiger charge is 2.48. The molecule has 0 aliphatic carbocycles. The monoisotopic (exact) mass is 347 g/mol. The minimum absolute atomic E-state index is 0.116. The maximum absolute atomic E-state index is 13.1. The van der Waals surface area contributed by atoms with E-state index in [-0.39, 0.29) is 18.9 Å². The van der Waals surface area contributed by atoms with Crippen LogP contribution in [0.4, 0.5) is 8.78 Å². The zero-order valence-corrected chi connectivity index (χ0v) is 13.7. The van der Waals surface area contributed by atoms with E-state index in [1.807, 2.05) is 0 Å². The second-order valence-corrected chi connectivity index (χ2v) is 7.98. The molecule has 1 heterocycles. The predicted octanol–water partition coefficient (Wildman–Crippen LogP) is 2.89. The summed E-state index contributed by atoms with van der Waals surface area (Å²) >= 11 is 0. The van der Waals surface area contributed by atoms with Gasteiger partial charge in [-0.25, -0.2) is 17.2 Å². The van der Waals surface area contributed by atoms with Gasteiger partial charge in [-0.3, -0.25) is 4.79 Å². The summed E-state index contributed by atoms with van der Waals surface area (Å²) in [6.07, 6.45) is -2.67. The van der Waals surface area contributed by atoms with Gasteiger partial charge in [0.05, 0.1) is 4.90 Å². The summed E-state index contributed by atoms with van der Waals surface area (Å²) in [4.78, 5) is 10.5. The van der Waals surface area contributed by atoms with Crippen molar-refractivity contribution in [2.24, 2.45) is 5.92 Å². The maximum Gasteiger partial charge on any atom is 0.303 e. The molecule has 1 aromatic carbocycles. The van der Waals surface area contributed by atoms with Gasteiger partial charge in [0.2, 0.25) is 10.0 Å². The highest BCUT2D eigenvalue weighted by molar-refractivity contribution is 7.89. The molecule has 1 unspecified atom stereocenters. The maximum atomic E-state index is 13.1. The number of hydrogen-bond donors (Lipinski definition) is 1. The lowest BCUT2D eigenvalue weighted by molar-refractivity contribution is -0.138. The molecule has 0 aromatic heterocycles. The van der Waals surface area contributed by atoms with Crippen LogP contribution in [-0.2, 0) is 14.8 Å². The summed E-state index contributed by atoms with van der Waals surface area (Å²) in [5.74, 6) is -1.37. The first-order valence-corrected chi connectivity index (χ1v) is 8.64. The zero-order chi connectivity index (χ0) is 17.4. The highest BCUT2D eigenvalue weighted by Crippen LogP contribution is 2.41. The Balaban J connectivity index is 2.44. The molecule has 1 N–H and O–H groups in total. The van der Waals surface area contributed by atoms with Crippen molar-refractivity contribution in [1.82, 2.24) is 4.31 Å². The van der Waals surface area contributed by atoms with Crippen LogP contribution in [-0.4, -0.2) is 35.9 Å². The molecule has 0 amide bonds. The number of alkyl halides is 2. The van der Waals surface area contributed by atoms with Crippen LogP contribution in [0.5, 0.6) is 0 Å². The van der Waals surface area contributed by atoms with Crippen LogP contribution in [0, 0.1) is 5.92 Å². The van der Waals surface area contributed by atoms with E-state index in [0.717, 1.165) is 16.4 Å². The van der Waals surface area contributed by atoms with Crippen molar-refractivity contribution in [3.05, 3.63) is 29.8 Å². The average Bonchev–Trinajstić information content (AvgIpc) is 2.74. The second-order valence-electron chi connectivity index (χ2n) is 6.15. The van der Waals surface area contributed by atoms with Gasteiger partial charge in [-0.1, -0.05) is 18.2 Å². The van der Waals surface area contributed by atoms with Crippen molar-refractivity contribution in [1.29, 1.82) is 0 Å². The van der Waals surface area contributed by atoms with Crippen LogP contribution in [0.2, 0.25) is 0 Å². The molecule has 8 heteroatoms. The third-order valence-electron chi connectivity index (χ3n) is 4.47. The van der Waals surface area contributed by atoms with Crippen LogP contribution in [0.15, 0.2) is 29.2 Å². The summed E-state index contributed by atoms with van der Waals surface area (Å²) in [7, 11) is -4.13. The average molecular weight is 347 g/mol. The van der Waals surface area contributed by atoms with Gasteiger partial charge in [0.25, 0.3) is 6.43 Å². The van der Waals surface area contributed by atoms with Crippen molar-refractivity contribution >= 4 is 16.0 Å². The molecule has 1 fully saturated rings. The van der Waals surface area contributed by atoms with Gasteiger partial charge in [0, 0.05) is 24.1 Å². The number of carbonyl (C=O) groups is 1. The third kappa shape index (κ3) is 3.23. The molecular weight excluding hydrogens is 328 g/mol. The first kappa shape index (κ1) is 17.8. The lowest BCUT2D eigenvalue weighted by atomic mass is 9.87. The van der Waals surface area contributed by atoms with Gasteiger partial charge < -0.3 is 5.11 Å². The lowest BCUT2D eigenvalue weighted by Crippen LogP contribution is -2.46. The standard InChI is InChI=1S/C15H19F2NO4S/c1-15(2)10(9-13(19)20)7-8-18(15)23(21,22)12-6-4-3-5-11(12)14(16)17/h3-6,10,14H,7-9H2,1-2H3,(H,19,20). The summed E-state index contributed by atoms with van der Waals surface area (Å²) in [6.45, 7) is 3.39. The molecule has 0 radical (unpaired) electrons. The van der Waals surface area contributed by atoms with Gasteiger partial charge in [0.1, 0.15) is 0 Å². The molecule has 0 spiro atoms. The quantitative estimate of drug-likeness (QED) is 0.889. The Kier molecular flexibility index (Phi) is 4.77. The van der Waals surface area contributed by atoms with Crippen LogP contribution < -0.4 is 0 Å². The molecule has 1 aliphatic heterocycles. The number of aliphatic carboxylic acids is 1. The molecule has 1 atom stereocenters. The molecule has 23 heavy (non-hydrogen) atoms. The minimum Gasteiger partial charge on any atom is -0.481 e. The molecule has 1 saturated heterocycles. The minimum atomic E-state index is -4.13. The molecule has 2 rings (SSSR count). The van der Waals surface area contributed by atoms with Crippen molar-refractivity contribution in [2.75, 3.05) is 6.54 Å². The topological polar surface area (TPSA) is 74.7 Å². The fraction of sp³-hybridized carbons (Fsp3) is 0.533. The van der Waals surface area contributed by atoms with Crippen LogP contribution in [0.25, 0.3) is 0 Å². The number of halogens is 2. The van der Waals surface area contributed by atoms with Crippen molar-refractivity contribution in [3.8, 4) is 0 Å². The van der Waals surface area contributed by atoms with Crippen molar-refractivity contribution in [3.63, 3.8) is 0 Å². The van der Waals surface area contributed by atoms with Crippen LogP contribution in [0.3, 0.4) is 0 Å². The number of nitrogens with zero attached hydrogens (tertiary/aromatic N) is 1. The number of carboxylic acid groups (broad SMARTS) is 1. The van der Waals surface area contributed by atoms with E-state index in [4.69, 9.17) is 5.11 Å². The van der Waals surface area contributed by atoms with Crippen molar-refractivity contribution in [2.45, 2.75) is 43.5 Å².